The van der Waals surface area contributed by atoms with Gasteiger partial charge >= 0.3 is 0 Å². The summed E-state index contributed by atoms with van der Waals surface area (Å²) in [6.45, 7) is 0.574. The van der Waals surface area contributed by atoms with Gasteiger partial charge in [-0.1, -0.05) is 48.5 Å². The van der Waals surface area contributed by atoms with Gasteiger partial charge in [0.05, 0.1) is 6.54 Å². The van der Waals surface area contributed by atoms with Crippen molar-refractivity contribution in [2.75, 3.05) is 4.90 Å². The smallest absolute Gasteiger partial charge is 0.248 e. The largest absolute Gasteiger partial charge is 0.316 e. The van der Waals surface area contributed by atoms with Gasteiger partial charge in [0, 0.05) is 11.3 Å². The van der Waals surface area contributed by atoms with Gasteiger partial charge in [-0.05, 0) is 11.6 Å². The third kappa shape index (κ3) is 2.35. The van der Waals surface area contributed by atoms with E-state index in [-0.39, 0.29) is 18.3 Å². The molecule has 1 unspecified atom stereocenters. The molecule has 98 valence electrons. The number of hydrogen-bond donors (Lipinski definition) is 1. The van der Waals surface area contributed by atoms with Crippen LogP contribution >= 0.6 is 12.4 Å². The van der Waals surface area contributed by atoms with Crippen LogP contribution in [0.15, 0.2) is 54.6 Å². The number of nitrogens with two attached hydrogens (primary N) is 1. The number of para-hydroxylation sites is 1. The Labute approximate surface area is 118 Å². The zero-order valence-electron chi connectivity index (χ0n) is 10.3. The Bertz CT molecular complexity index is 586. The van der Waals surface area contributed by atoms with Crippen molar-refractivity contribution in [1.29, 1.82) is 0 Å². The van der Waals surface area contributed by atoms with Crippen LogP contribution in [0.3, 0.4) is 0 Å². The van der Waals surface area contributed by atoms with E-state index < -0.39 is 6.04 Å². The average molecular weight is 275 g/mol. The molecule has 1 heterocycles. The minimum Gasteiger partial charge on any atom is -0.316 e. The predicted octanol–water partition coefficient (Wildman–Crippen LogP) is 2.66. The van der Waals surface area contributed by atoms with Crippen molar-refractivity contribution >= 4 is 24.0 Å². The van der Waals surface area contributed by atoms with Gasteiger partial charge in [0.25, 0.3) is 0 Å². The Hall–Kier alpha value is -1.84. The van der Waals surface area contributed by atoms with Gasteiger partial charge in [-0.3, -0.25) is 4.79 Å². The summed E-state index contributed by atoms with van der Waals surface area (Å²) in [4.78, 5) is 13.9. The standard InChI is InChI=1S/C15H14N2O.ClH/c16-14-12-8-4-5-9-13(12)17(15(14)18)10-11-6-2-1-3-7-11;/h1-9,14H,10,16H2;1H. The summed E-state index contributed by atoms with van der Waals surface area (Å²) < 4.78 is 0. The molecule has 4 heteroatoms. The van der Waals surface area contributed by atoms with Crippen molar-refractivity contribution in [3.05, 3.63) is 65.7 Å². The van der Waals surface area contributed by atoms with E-state index in [0.29, 0.717) is 6.54 Å². The maximum Gasteiger partial charge on any atom is 0.248 e. The quantitative estimate of drug-likeness (QED) is 0.915. The Morgan fingerprint density at radius 1 is 1.00 bits per heavy atom. The Balaban J connectivity index is 0.00000133. The van der Waals surface area contributed by atoms with Gasteiger partial charge in [-0.2, -0.15) is 0 Å². The molecule has 1 aliphatic rings. The van der Waals surface area contributed by atoms with Crippen molar-refractivity contribution in [1.82, 2.24) is 0 Å². The predicted molar refractivity (Wildman–Crippen MR) is 78.3 cm³/mol. The van der Waals surface area contributed by atoms with Gasteiger partial charge in [-0.15, -0.1) is 12.4 Å². The average Bonchev–Trinajstić information content (AvgIpc) is 2.66. The van der Waals surface area contributed by atoms with Crippen LogP contribution in [0, 0.1) is 0 Å². The lowest BCUT2D eigenvalue weighted by Crippen LogP contribution is -2.31. The van der Waals surface area contributed by atoms with E-state index in [4.69, 9.17) is 5.73 Å². The molecule has 19 heavy (non-hydrogen) atoms. The van der Waals surface area contributed by atoms with E-state index in [1.54, 1.807) is 4.90 Å². The summed E-state index contributed by atoms with van der Waals surface area (Å²) in [6, 6.07) is 17.1. The molecule has 2 aromatic carbocycles. The van der Waals surface area contributed by atoms with Crippen LogP contribution in [-0.2, 0) is 11.3 Å². The summed E-state index contributed by atoms with van der Waals surface area (Å²) in [7, 11) is 0. The van der Waals surface area contributed by atoms with E-state index in [9.17, 15) is 4.79 Å². The van der Waals surface area contributed by atoms with Crippen LogP contribution in [0.4, 0.5) is 5.69 Å². The number of carbonyl (C=O) groups is 1. The number of carbonyl (C=O) groups excluding carboxylic acids is 1. The molecule has 0 aromatic heterocycles. The minimum atomic E-state index is -0.523. The molecule has 1 amide bonds. The first kappa shape index (κ1) is 13.6. The maximum atomic E-state index is 12.2. The third-order valence-corrected chi connectivity index (χ3v) is 3.28. The van der Waals surface area contributed by atoms with Crippen molar-refractivity contribution in [3.8, 4) is 0 Å². The van der Waals surface area contributed by atoms with Gasteiger partial charge in [0.15, 0.2) is 0 Å². The van der Waals surface area contributed by atoms with Gasteiger partial charge in [0.2, 0.25) is 5.91 Å². The lowest BCUT2D eigenvalue weighted by atomic mass is 10.1. The number of anilines is 1. The van der Waals surface area contributed by atoms with E-state index in [1.807, 2.05) is 54.6 Å². The maximum absolute atomic E-state index is 12.2. The van der Waals surface area contributed by atoms with Crippen molar-refractivity contribution in [3.63, 3.8) is 0 Å². The molecule has 3 nitrogen and oxygen atoms in total. The number of halogens is 1. The van der Waals surface area contributed by atoms with Crippen LogP contribution in [-0.4, -0.2) is 5.91 Å². The Morgan fingerprint density at radius 3 is 2.37 bits per heavy atom. The highest BCUT2D eigenvalue weighted by Gasteiger charge is 2.34. The summed E-state index contributed by atoms with van der Waals surface area (Å²) in [6.07, 6.45) is 0. The highest BCUT2D eigenvalue weighted by molar-refractivity contribution is 6.04. The molecule has 0 radical (unpaired) electrons. The molecule has 2 N–H and O–H groups in total. The number of hydrogen-bond acceptors (Lipinski definition) is 2. The van der Waals surface area contributed by atoms with E-state index in [0.717, 1.165) is 16.8 Å². The molecule has 0 bridgehead atoms. The van der Waals surface area contributed by atoms with Crippen molar-refractivity contribution in [2.45, 2.75) is 12.6 Å². The zero-order chi connectivity index (χ0) is 12.5. The van der Waals surface area contributed by atoms with E-state index in [1.165, 1.54) is 0 Å². The highest BCUT2D eigenvalue weighted by Crippen LogP contribution is 2.35. The lowest BCUT2D eigenvalue weighted by Gasteiger charge is -2.17. The topological polar surface area (TPSA) is 46.3 Å². The van der Waals surface area contributed by atoms with Crippen molar-refractivity contribution < 1.29 is 4.79 Å². The molecular formula is C15H15ClN2O. The number of amides is 1. The zero-order valence-corrected chi connectivity index (χ0v) is 11.1. The van der Waals surface area contributed by atoms with Crippen molar-refractivity contribution in [2.24, 2.45) is 5.73 Å². The second kappa shape index (κ2) is 5.43. The molecule has 0 saturated carbocycles. The molecule has 2 aromatic rings. The number of rotatable bonds is 2. The van der Waals surface area contributed by atoms with Crippen LogP contribution in [0.1, 0.15) is 17.2 Å². The number of fused-ring (bicyclic) bond motifs is 1. The fourth-order valence-electron chi connectivity index (χ4n) is 2.35. The molecule has 1 atom stereocenters. The summed E-state index contributed by atoms with van der Waals surface area (Å²) in [5.41, 5.74) is 8.89. The first-order valence-electron chi connectivity index (χ1n) is 5.97. The molecule has 0 spiro atoms. The molecule has 0 fully saturated rings. The van der Waals surface area contributed by atoms with Gasteiger partial charge in [0.1, 0.15) is 6.04 Å². The fraction of sp³-hybridized carbons (Fsp3) is 0.133. The van der Waals surface area contributed by atoms with E-state index in [2.05, 4.69) is 0 Å². The number of nitrogens with zero attached hydrogens (tertiary/aromatic N) is 1. The van der Waals surface area contributed by atoms with Gasteiger partial charge < -0.3 is 10.6 Å². The third-order valence-electron chi connectivity index (χ3n) is 3.28. The normalized spacial score (nSPS) is 17.0. The lowest BCUT2D eigenvalue weighted by molar-refractivity contribution is -0.119. The first-order valence-corrected chi connectivity index (χ1v) is 5.97. The summed E-state index contributed by atoms with van der Waals surface area (Å²) >= 11 is 0. The molecule has 1 aliphatic heterocycles. The monoisotopic (exact) mass is 274 g/mol. The first-order chi connectivity index (χ1) is 8.77. The second-order valence-electron chi connectivity index (χ2n) is 4.45. The molecule has 0 saturated heterocycles. The van der Waals surface area contributed by atoms with Crippen LogP contribution in [0.25, 0.3) is 0 Å². The Kier molecular flexibility index (Phi) is 3.88. The molecule has 3 rings (SSSR count). The number of benzene rings is 2. The molecule has 0 aliphatic carbocycles. The SMILES string of the molecule is Cl.NC1C(=O)N(Cc2ccccc2)c2ccccc21. The second-order valence-corrected chi connectivity index (χ2v) is 4.45. The minimum absolute atomic E-state index is 0. The highest BCUT2D eigenvalue weighted by atomic mass is 35.5. The summed E-state index contributed by atoms with van der Waals surface area (Å²) in [5.74, 6) is -0.0277. The Morgan fingerprint density at radius 2 is 1.63 bits per heavy atom. The fourth-order valence-corrected chi connectivity index (χ4v) is 2.35. The van der Waals surface area contributed by atoms with Gasteiger partial charge in [-0.25, -0.2) is 0 Å². The van der Waals surface area contributed by atoms with E-state index >= 15 is 0 Å². The van der Waals surface area contributed by atoms with Crippen LogP contribution in [0.2, 0.25) is 0 Å². The summed E-state index contributed by atoms with van der Waals surface area (Å²) in [5, 5.41) is 0. The van der Waals surface area contributed by atoms with Crippen LogP contribution < -0.4 is 10.6 Å². The molecular weight excluding hydrogens is 260 g/mol. The van der Waals surface area contributed by atoms with Crippen LogP contribution in [0.5, 0.6) is 0 Å².